The summed E-state index contributed by atoms with van der Waals surface area (Å²) in [6.45, 7) is 5.35. The number of benzene rings is 1. The standard InChI is InChI=1S/C20H24N4/c1-14(2)24(13-19-22-16-9-3-4-10-17(16)23-19)18-11-5-7-15-8-6-12-21-20(15)18/h3-4,6,8-10,12,14,18H,5,7,11,13H2,1-2H3,(H,22,23). The zero-order valence-electron chi connectivity index (χ0n) is 14.4. The molecule has 1 atom stereocenters. The van der Waals surface area contributed by atoms with Crippen LogP contribution in [0.1, 0.15) is 49.8 Å². The zero-order chi connectivity index (χ0) is 16.5. The molecule has 4 heteroatoms. The van der Waals surface area contributed by atoms with Gasteiger partial charge in [-0.2, -0.15) is 0 Å². The predicted molar refractivity (Wildman–Crippen MR) is 96.7 cm³/mol. The van der Waals surface area contributed by atoms with Crippen LogP contribution in [0.5, 0.6) is 0 Å². The van der Waals surface area contributed by atoms with Crippen molar-refractivity contribution in [2.45, 2.75) is 51.7 Å². The van der Waals surface area contributed by atoms with Gasteiger partial charge in [-0.1, -0.05) is 18.2 Å². The normalized spacial score (nSPS) is 17.6. The maximum Gasteiger partial charge on any atom is 0.121 e. The van der Waals surface area contributed by atoms with Crippen LogP contribution < -0.4 is 0 Å². The van der Waals surface area contributed by atoms with E-state index in [0.717, 1.165) is 29.8 Å². The largest absolute Gasteiger partial charge is 0.341 e. The fourth-order valence-corrected chi connectivity index (χ4v) is 3.81. The summed E-state index contributed by atoms with van der Waals surface area (Å²) in [5.74, 6) is 1.04. The van der Waals surface area contributed by atoms with Gasteiger partial charge in [0.1, 0.15) is 5.82 Å². The van der Waals surface area contributed by atoms with Gasteiger partial charge in [0.15, 0.2) is 0 Å². The first kappa shape index (κ1) is 15.3. The number of hydrogen-bond acceptors (Lipinski definition) is 3. The van der Waals surface area contributed by atoms with Crippen molar-refractivity contribution in [1.82, 2.24) is 19.9 Å². The monoisotopic (exact) mass is 320 g/mol. The molecular weight excluding hydrogens is 296 g/mol. The van der Waals surface area contributed by atoms with Gasteiger partial charge < -0.3 is 4.98 Å². The average molecular weight is 320 g/mol. The van der Waals surface area contributed by atoms with E-state index in [2.05, 4.69) is 48.0 Å². The van der Waals surface area contributed by atoms with Crippen LogP contribution in [-0.2, 0) is 13.0 Å². The minimum absolute atomic E-state index is 0.378. The topological polar surface area (TPSA) is 44.8 Å². The van der Waals surface area contributed by atoms with Crippen LogP contribution in [0, 0.1) is 0 Å². The highest BCUT2D eigenvalue weighted by Gasteiger charge is 2.29. The maximum absolute atomic E-state index is 4.77. The Morgan fingerprint density at radius 3 is 2.92 bits per heavy atom. The fourth-order valence-electron chi connectivity index (χ4n) is 3.81. The lowest BCUT2D eigenvalue weighted by molar-refractivity contribution is 0.122. The van der Waals surface area contributed by atoms with Gasteiger partial charge in [-0.05, 0) is 56.9 Å². The van der Waals surface area contributed by atoms with Crippen LogP contribution in [0.2, 0.25) is 0 Å². The molecule has 0 fully saturated rings. The molecule has 0 radical (unpaired) electrons. The van der Waals surface area contributed by atoms with E-state index in [4.69, 9.17) is 9.97 Å². The number of para-hydroxylation sites is 2. The third-order valence-corrected chi connectivity index (χ3v) is 5.00. The number of imidazole rings is 1. The summed E-state index contributed by atoms with van der Waals surface area (Å²) in [6, 6.07) is 13.3. The first-order chi connectivity index (χ1) is 11.7. The number of aromatic nitrogens is 3. The highest BCUT2D eigenvalue weighted by atomic mass is 15.2. The SMILES string of the molecule is CC(C)N(Cc1nc2ccccc2[nH]1)C1CCCc2cccnc21. The minimum atomic E-state index is 0.378. The molecule has 1 aliphatic rings. The summed E-state index contributed by atoms with van der Waals surface area (Å²) in [7, 11) is 0. The molecule has 1 N–H and O–H groups in total. The molecule has 1 aromatic carbocycles. The molecule has 124 valence electrons. The molecule has 4 rings (SSSR count). The molecule has 0 bridgehead atoms. The zero-order valence-corrected chi connectivity index (χ0v) is 14.4. The number of aromatic amines is 1. The van der Waals surface area contributed by atoms with E-state index in [-0.39, 0.29) is 0 Å². The lowest BCUT2D eigenvalue weighted by Gasteiger charge is -2.37. The van der Waals surface area contributed by atoms with E-state index >= 15 is 0 Å². The third-order valence-electron chi connectivity index (χ3n) is 5.00. The molecule has 1 unspecified atom stereocenters. The van der Waals surface area contributed by atoms with Crippen molar-refractivity contribution >= 4 is 11.0 Å². The predicted octanol–water partition coefficient (Wildman–Crippen LogP) is 4.25. The van der Waals surface area contributed by atoms with Crippen molar-refractivity contribution in [2.75, 3.05) is 0 Å². The van der Waals surface area contributed by atoms with Crippen molar-refractivity contribution in [3.8, 4) is 0 Å². The van der Waals surface area contributed by atoms with Gasteiger partial charge in [0.25, 0.3) is 0 Å². The summed E-state index contributed by atoms with van der Waals surface area (Å²) in [6.07, 6.45) is 5.47. The van der Waals surface area contributed by atoms with Gasteiger partial charge in [0.05, 0.1) is 29.3 Å². The number of hydrogen-bond donors (Lipinski definition) is 1. The molecule has 2 heterocycles. The highest BCUT2D eigenvalue weighted by molar-refractivity contribution is 5.74. The number of rotatable bonds is 4. The second-order valence-electron chi connectivity index (χ2n) is 6.92. The number of aryl methyl sites for hydroxylation is 1. The number of fused-ring (bicyclic) bond motifs is 2. The molecule has 24 heavy (non-hydrogen) atoms. The Morgan fingerprint density at radius 2 is 2.08 bits per heavy atom. The Morgan fingerprint density at radius 1 is 1.21 bits per heavy atom. The molecule has 0 amide bonds. The minimum Gasteiger partial charge on any atom is -0.341 e. The van der Waals surface area contributed by atoms with Gasteiger partial charge in [0, 0.05) is 12.2 Å². The van der Waals surface area contributed by atoms with E-state index < -0.39 is 0 Å². The Labute approximate surface area is 142 Å². The molecule has 0 saturated heterocycles. The summed E-state index contributed by atoms with van der Waals surface area (Å²) >= 11 is 0. The number of nitrogens with one attached hydrogen (secondary N) is 1. The van der Waals surface area contributed by atoms with Gasteiger partial charge >= 0.3 is 0 Å². The van der Waals surface area contributed by atoms with Crippen molar-refractivity contribution in [3.05, 3.63) is 59.7 Å². The molecule has 3 aromatic rings. The van der Waals surface area contributed by atoms with Gasteiger partial charge in [-0.15, -0.1) is 0 Å². The van der Waals surface area contributed by atoms with E-state index in [1.54, 1.807) is 0 Å². The fraction of sp³-hybridized carbons (Fsp3) is 0.400. The van der Waals surface area contributed by atoms with Crippen LogP contribution in [-0.4, -0.2) is 25.9 Å². The van der Waals surface area contributed by atoms with Crippen LogP contribution in [0.4, 0.5) is 0 Å². The average Bonchev–Trinajstić information content (AvgIpc) is 3.01. The van der Waals surface area contributed by atoms with Crippen LogP contribution in [0.3, 0.4) is 0 Å². The lowest BCUT2D eigenvalue weighted by Crippen LogP contribution is -2.37. The first-order valence-corrected chi connectivity index (χ1v) is 8.85. The second kappa shape index (κ2) is 6.36. The summed E-state index contributed by atoms with van der Waals surface area (Å²) in [5.41, 5.74) is 4.81. The first-order valence-electron chi connectivity index (χ1n) is 8.85. The quantitative estimate of drug-likeness (QED) is 0.782. The molecule has 0 aliphatic heterocycles. The van der Waals surface area contributed by atoms with E-state index in [0.29, 0.717) is 12.1 Å². The Kier molecular flexibility index (Phi) is 4.07. The molecule has 1 aliphatic carbocycles. The molecular formula is C20H24N4. The van der Waals surface area contributed by atoms with Crippen molar-refractivity contribution in [3.63, 3.8) is 0 Å². The van der Waals surface area contributed by atoms with Crippen LogP contribution >= 0.6 is 0 Å². The molecule has 2 aromatic heterocycles. The maximum atomic E-state index is 4.77. The van der Waals surface area contributed by atoms with Gasteiger partial charge in [-0.25, -0.2) is 4.98 Å². The molecule has 0 spiro atoms. The number of pyridine rings is 1. The van der Waals surface area contributed by atoms with Crippen LogP contribution in [0.25, 0.3) is 11.0 Å². The highest BCUT2D eigenvalue weighted by Crippen LogP contribution is 2.34. The molecule has 0 saturated carbocycles. The van der Waals surface area contributed by atoms with E-state index in [1.165, 1.54) is 24.1 Å². The molecule has 4 nitrogen and oxygen atoms in total. The van der Waals surface area contributed by atoms with Gasteiger partial charge in [-0.3, -0.25) is 9.88 Å². The van der Waals surface area contributed by atoms with Crippen molar-refractivity contribution in [2.24, 2.45) is 0 Å². The Bertz CT molecular complexity index is 803. The van der Waals surface area contributed by atoms with Gasteiger partial charge in [0.2, 0.25) is 0 Å². The van der Waals surface area contributed by atoms with Crippen molar-refractivity contribution in [1.29, 1.82) is 0 Å². The third kappa shape index (κ3) is 2.82. The summed E-state index contributed by atoms with van der Waals surface area (Å²) in [4.78, 5) is 15.5. The van der Waals surface area contributed by atoms with Crippen LogP contribution in [0.15, 0.2) is 42.6 Å². The smallest absolute Gasteiger partial charge is 0.121 e. The lowest BCUT2D eigenvalue weighted by atomic mass is 9.90. The number of H-pyrrole nitrogens is 1. The summed E-state index contributed by atoms with van der Waals surface area (Å²) < 4.78 is 0. The second-order valence-corrected chi connectivity index (χ2v) is 6.92. The Hall–Kier alpha value is -2.20. The Balaban J connectivity index is 1.65. The number of nitrogens with zero attached hydrogens (tertiary/aromatic N) is 3. The van der Waals surface area contributed by atoms with Crippen molar-refractivity contribution < 1.29 is 0 Å². The van der Waals surface area contributed by atoms with E-state index in [9.17, 15) is 0 Å². The summed E-state index contributed by atoms with van der Waals surface area (Å²) in [5, 5.41) is 0. The van der Waals surface area contributed by atoms with E-state index in [1.807, 2.05) is 18.3 Å².